The Morgan fingerprint density at radius 2 is 1.82 bits per heavy atom. The Hall–Kier alpha value is -4.79. The number of halogens is 2. The summed E-state index contributed by atoms with van der Waals surface area (Å²) in [5.74, 6) is -1.98. The summed E-state index contributed by atoms with van der Waals surface area (Å²) < 4.78 is 74.1. The highest BCUT2D eigenvalue weighted by Gasteiger charge is 2.67. The van der Waals surface area contributed by atoms with Crippen LogP contribution in [0.4, 0.5) is 13.6 Å². The molecule has 7 rings (SSSR count). The summed E-state index contributed by atoms with van der Waals surface area (Å²) in [6.07, 6.45) is 5.46. The summed E-state index contributed by atoms with van der Waals surface area (Å²) in [5.41, 5.74) is -1.54. The van der Waals surface area contributed by atoms with Crippen molar-refractivity contribution in [2.45, 2.75) is 133 Å². The molecule has 326 valence electrons. The Balaban J connectivity index is 1.26. The normalized spacial score (nSPS) is 31.4. The van der Waals surface area contributed by atoms with Gasteiger partial charge in [0.2, 0.25) is 34.1 Å². The van der Waals surface area contributed by atoms with Crippen LogP contribution in [0.15, 0.2) is 18.2 Å². The van der Waals surface area contributed by atoms with Crippen LogP contribution in [0, 0.1) is 41.4 Å². The highest BCUT2D eigenvalue weighted by atomic mass is 32.2. The van der Waals surface area contributed by atoms with Crippen molar-refractivity contribution in [3.05, 3.63) is 23.9 Å². The van der Waals surface area contributed by atoms with Crippen LogP contribution in [-0.2, 0) is 35.6 Å². The fraction of sp³-hybridized carbons (Fsp3) is 0.667. The molecule has 2 aromatic rings. The maximum atomic E-state index is 14.9. The average molecular weight is 857 g/mol. The first kappa shape index (κ1) is 43.3. The number of carbonyl (C=O) groups excluding carboxylic acids is 4. The Kier molecular flexibility index (Phi) is 12.0. The molecule has 15 nitrogen and oxygen atoms in total. The van der Waals surface area contributed by atoms with Gasteiger partial charge in [-0.15, -0.1) is 12.3 Å². The molecule has 3 aliphatic carbocycles. The Morgan fingerprint density at radius 1 is 1.07 bits per heavy atom. The number of sulfonamides is 1. The predicted octanol–water partition coefficient (Wildman–Crippen LogP) is 4.27. The molecule has 0 unspecified atom stereocenters. The number of amides is 4. The number of aryl methyl sites for hydroxylation is 1. The van der Waals surface area contributed by atoms with Crippen molar-refractivity contribution in [1.82, 2.24) is 30.2 Å². The largest absolute Gasteiger partial charge is 0.497 e. The van der Waals surface area contributed by atoms with Gasteiger partial charge in [-0.05, 0) is 74.8 Å². The number of terminal acetylenes is 1. The van der Waals surface area contributed by atoms with Crippen molar-refractivity contribution in [1.29, 1.82) is 0 Å². The number of hydrogen-bond acceptors (Lipinski definition) is 11. The van der Waals surface area contributed by atoms with Gasteiger partial charge >= 0.3 is 6.09 Å². The topological polar surface area (TPSA) is 195 Å². The lowest BCUT2D eigenvalue weighted by molar-refractivity contribution is -0.143. The summed E-state index contributed by atoms with van der Waals surface area (Å²) in [6.45, 7) is 6.65. The third kappa shape index (κ3) is 8.82. The Morgan fingerprint density at radius 3 is 2.47 bits per heavy atom. The van der Waals surface area contributed by atoms with Crippen LogP contribution < -0.4 is 24.8 Å². The molecule has 4 amide bonds. The number of hydrogen-bond donors (Lipinski definition) is 3. The quantitative estimate of drug-likeness (QED) is 0.337. The van der Waals surface area contributed by atoms with E-state index in [0.29, 0.717) is 54.6 Å². The van der Waals surface area contributed by atoms with Crippen LogP contribution in [0.3, 0.4) is 0 Å². The molecule has 1 saturated heterocycles. The molecule has 1 aromatic carbocycles. The van der Waals surface area contributed by atoms with Gasteiger partial charge in [0, 0.05) is 17.9 Å². The first-order chi connectivity index (χ1) is 28.3. The minimum atomic E-state index is -4.16. The van der Waals surface area contributed by atoms with Crippen molar-refractivity contribution in [3.63, 3.8) is 0 Å². The fourth-order valence-corrected chi connectivity index (χ4v) is 10.3. The molecule has 3 N–H and O–H groups in total. The number of benzene rings is 1. The molecule has 5 aliphatic rings. The van der Waals surface area contributed by atoms with E-state index in [9.17, 15) is 36.4 Å². The van der Waals surface area contributed by atoms with E-state index < -0.39 is 99.0 Å². The van der Waals surface area contributed by atoms with E-state index in [2.05, 4.69) is 16.6 Å². The van der Waals surface area contributed by atoms with Crippen LogP contribution in [0.25, 0.3) is 11.0 Å². The number of alkyl halides is 2. The molecule has 60 heavy (non-hydrogen) atoms. The summed E-state index contributed by atoms with van der Waals surface area (Å²) in [7, 11) is -2.63. The number of nitrogens with zero attached hydrogens (tertiary/aromatic N) is 3. The average Bonchev–Trinajstić information content (AvgIpc) is 4.10. The van der Waals surface area contributed by atoms with Crippen molar-refractivity contribution < 1.29 is 50.6 Å². The predicted molar refractivity (Wildman–Crippen MR) is 214 cm³/mol. The molecular weight excluding hydrogens is 803 g/mol. The molecule has 3 heterocycles. The minimum absolute atomic E-state index is 0.00495. The molecule has 0 radical (unpaired) electrons. The number of nitrogens with one attached hydrogen (secondary N) is 3. The van der Waals surface area contributed by atoms with Gasteiger partial charge in [-0.3, -0.25) is 19.1 Å². The van der Waals surface area contributed by atoms with Gasteiger partial charge in [0.15, 0.2) is 0 Å². The molecule has 3 saturated carbocycles. The lowest BCUT2D eigenvalue weighted by atomic mass is 9.85. The molecule has 1 aromatic heterocycles. The van der Waals surface area contributed by atoms with E-state index in [1.54, 1.807) is 45.9 Å². The van der Waals surface area contributed by atoms with E-state index in [-0.39, 0.29) is 24.3 Å². The van der Waals surface area contributed by atoms with Gasteiger partial charge in [0.25, 0.3) is 5.91 Å². The van der Waals surface area contributed by atoms with Crippen molar-refractivity contribution in [2.24, 2.45) is 29.1 Å². The molecule has 2 bridgehead atoms. The maximum Gasteiger partial charge on any atom is 0.408 e. The SMILES string of the molecule is C#C[C@@H]1C[C@H]2CCCCCc3nc4ccc(OC)cc4nc3O[C@H]3CN(C(=O)[C@H](C(C)(C)C)NC(=O)O[C@@H]2C1)[C@H](C(=O)N[C@]1(C(=O)NS(=O)(=O)C2CC2)C[C@H]1C(F)F)[C@@H]3C. The van der Waals surface area contributed by atoms with Gasteiger partial charge in [-0.25, -0.2) is 32.0 Å². The van der Waals surface area contributed by atoms with Crippen molar-refractivity contribution in [3.8, 4) is 24.0 Å². The third-order valence-corrected chi connectivity index (χ3v) is 14.6. The zero-order chi connectivity index (χ0) is 43.3. The third-order valence-electron chi connectivity index (χ3n) is 12.8. The van der Waals surface area contributed by atoms with E-state index >= 15 is 0 Å². The van der Waals surface area contributed by atoms with Gasteiger partial charge in [0.05, 0.1) is 35.9 Å². The van der Waals surface area contributed by atoms with Gasteiger partial charge in [-0.1, -0.05) is 40.5 Å². The second-order valence-corrected chi connectivity index (χ2v) is 20.1. The van der Waals surface area contributed by atoms with Crippen molar-refractivity contribution >= 4 is 44.9 Å². The van der Waals surface area contributed by atoms with E-state index in [1.165, 1.54) is 12.0 Å². The van der Waals surface area contributed by atoms with Crippen LogP contribution in [0.1, 0.15) is 91.2 Å². The van der Waals surface area contributed by atoms with Crippen LogP contribution in [0.2, 0.25) is 0 Å². The van der Waals surface area contributed by atoms with Crippen LogP contribution in [-0.4, -0.2) is 102 Å². The molecular formula is C42H54F2N6O9S. The molecule has 9 atom stereocenters. The number of aromatic nitrogens is 2. The fourth-order valence-electron chi connectivity index (χ4n) is 8.97. The molecule has 2 aliphatic heterocycles. The second-order valence-electron chi connectivity index (χ2n) is 18.1. The van der Waals surface area contributed by atoms with E-state index in [0.717, 1.165) is 25.7 Å². The van der Waals surface area contributed by atoms with E-state index in [1.807, 2.05) is 4.72 Å². The van der Waals surface area contributed by atoms with Gasteiger partial charge < -0.3 is 29.7 Å². The number of alkyl carbamates (subject to hydrolysis) is 1. The standard InChI is InChI=1S/C42H54F2N6O9S/c1-7-23-17-24-11-9-8-10-12-29-37(46-30-19-25(57-6)13-16-28(30)45-29)58-32-21-50(38(52)34(41(3,4)5)47-40(54)59-31(24)18-23)33(22(32)2)36(51)48-42(20-27(42)35(43)44)39(53)49-60(55,56)26-14-15-26/h1,13,16,19,22-24,26-27,31-35H,8-12,14-15,17-18,20-21H2,2-6H3,(H,47,54)(H,48,51)(H,49,53)/t22-,23-,24-,27+,31-,32+,33+,34-,42-/m1/s1. The lowest BCUT2D eigenvalue weighted by Crippen LogP contribution is -2.61. The second kappa shape index (κ2) is 16.6. The minimum Gasteiger partial charge on any atom is -0.497 e. The monoisotopic (exact) mass is 856 g/mol. The molecule has 18 heteroatoms. The Labute approximate surface area is 348 Å². The summed E-state index contributed by atoms with van der Waals surface area (Å²) in [6, 6.07) is 2.60. The van der Waals surface area contributed by atoms with E-state index in [4.69, 9.17) is 30.6 Å². The number of methoxy groups -OCH3 is 1. The highest BCUT2D eigenvalue weighted by Crippen LogP contribution is 2.49. The maximum absolute atomic E-state index is 14.9. The zero-order valence-corrected chi connectivity index (χ0v) is 35.4. The zero-order valence-electron chi connectivity index (χ0n) is 34.5. The number of ether oxygens (including phenoxy) is 3. The Bertz CT molecular complexity index is 2180. The number of fused-ring (bicyclic) bond motifs is 5. The number of carbonyl (C=O) groups is 4. The molecule has 0 spiro atoms. The summed E-state index contributed by atoms with van der Waals surface area (Å²) in [5, 5.41) is 4.41. The summed E-state index contributed by atoms with van der Waals surface area (Å²) >= 11 is 0. The highest BCUT2D eigenvalue weighted by molar-refractivity contribution is 7.91. The first-order valence-electron chi connectivity index (χ1n) is 20.8. The molecule has 4 fully saturated rings. The van der Waals surface area contributed by atoms with Crippen LogP contribution in [0.5, 0.6) is 11.6 Å². The van der Waals surface area contributed by atoms with Gasteiger partial charge in [0.1, 0.15) is 41.3 Å². The first-order valence-corrected chi connectivity index (χ1v) is 22.3. The number of rotatable bonds is 7. The smallest absolute Gasteiger partial charge is 0.408 e. The van der Waals surface area contributed by atoms with Crippen LogP contribution >= 0.6 is 0 Å². The van der Waals surface area contributed by atoms with Gasteiger partial charge in [-0.2, -0.15) is 0 Å². The lowest BCUT2D eigenvalue weighted by Gasteiger charge is -2.36. The summed E-state index contributed by atoms with van der Waals surface area (Å²) in [4.78, 5) is 67.7. The van der Waals surface area contributed by atoms with Crippen molar-refractivity contribution in [2.75, 3.05) is 13.7 Å².